The number of carbonyl (C=O) groups excluding carboxylic acids is 1. The van der Waals surface area contributed by atoms with Crippen LogP contribution in [0.2, 0.25) is 0 Å². The van der Waals surface area contributed by atoms with Crippen molar-refractivity contribution in [2.75, 3.05) is 20.3 Å². The highest BCUT2D eigenvalue weighted by Crippen LogP contribution is 2.22. The van der Waals surface area contributed by atoms with E-state index in [-0.39, 0.29) is 5.91 Å². The monoisotopic (exact) mass is 302 g/mol. The van der Waals surface area contributed by atoms with Gasteiger partial charge in [-0.1, -0.05) is 25.1 Å². The molecule has 0 bridgehead atoms. The van der Waals surface area contributed by atoms with Gasteiger partial charge in [-0.25, -0.2) is 0 Å². The molecule has 0 aliphatic rings. The zero-order valence-electron chi connectivity index (χ0n) is 13.6. The average molecular weight is 302 g/mol. The number of aromatic nitrogens is 1. The molecule has 0 unspecified atom stereocenters. The molecule has 0 radical (unpaired) electrons. The molecule has 1 aromatic heterocycles. The van der Waals surface area contributed by atoms with Crippen LogP contribution in [0.1, 0.15) is 37.3 Å². The van der Waals surface area contributed by atoms with Gasteiger partial charge in [-0.3, -0.25) is 4.79 Å². The minimum Gasteiger partial charge on any atom is -0.385 e. The smallest absolute Gasteiger partial charge is 0.220 e. The van der Waals surface area contributed by atoms with Crippen LogP contribution in [0, 0.1) is 0 Å². The van der Waals surface area contributed by atoms with E-state index < -0.39 is 0 Å². The van der Waals surface area contributed by atoms with Crippen molar-refractivity contribution in [1.29, 1.82) is 0 Å². The highest BCUT2D eigenvalue weighted by atomic mass is 16.5. The first-order valence-corrected chi connectivity index (χ1v) is 8.09. The van der Waals surface area contributed by atoms with Gasteiger partial charge in [-0.05, 0) is 36.8 Å². The minimum absolute atomic E-state index is 0.130. The van der Waals surface area contributed by atoms with Gasteiger partial charge in [0.15, 0.2) is 0 Å². The summed E-state index contributed by atoms with van der Waals surface area (Å²) in [4.78, 5) is 15.1. The number of aromatic amines is 1. The summed E-state index contributed by atoms with van der Waals surface area (Å²) in [6.07, 6.45) is 6.34. The molecule has 1 heterocycles. The van der Waals surface area contributed by atoms with Crippen molar-refractivity contribution in [3.8, 4) is 0 Å². The highest BCUT2D eigenvalue weighted by molar-refractivity contribution is 5.86. The second-order valence-corrected chi connectivity index (χ2v) is 5.56. The van der Waals surface area contributed by atoms with Crippen LogP contribution in [0.4, 0.5) is 0 Å². The molecular formula is C18H26N2O2. The fourth-order valence-corrected chi connectivity index (χ4v) is 2.73. The number of rotatable bonds is 9. The molecule has 2 N–H and O–H groups in total. The Balaban J connectivity index is 1.81. The Morgan fingerprint density at radius 1 is 1.27 bits per heavy atom. The second-order valence-electron chi connectivity index (χ2n) is 5.56. The van der Waals surface area contributed by atoms with Crippen molar-refractivity contribution in [2.45, 2.75) is 39.0 Å². The Hall–Kier alpha value is -1.81. The third-order valence-electron chi connectivity index (χ3n) is 3.99. The predicted octanol–water partition coefficient (Wildman–Crippen LogP) is 3.21. The number of H-pyrrole nitrogens is 1. The first-order chi connectivity index (χ1) is 10.8. The number of nitrogens with one attached hydrogen (secondary N) is 2. The summed E-state index contributed by atoms with van der Waals surface area (Å²) < 4.78 is 4.98. The normalized spacial score (nSPS) is 11.0. The number of hydrogen-bond acceptors (Lipinski definition) is 2. The van der Waals surface area contributed by atoms with Gasteiger partial charge < -0.3 is 15.0 Å². The molecule has 4 heteroatoms. The highest BCUT2D eigenvalue weighted by Gasteiger charge is 2.07. The molecule has 0 spiro atoms. The predicted molar refractivity (Wildman–Crippen MR) is 90.1 cm³/mol. The number of para-hydroxylation sites is 1. The lowest BCUT2D eigenvalue weighted by molar-refractivity contribution is -0.121. The van der Waals surface area contributed by atoms with Gasteiger partial charge >= 0.3 is 0 Å². The quantitative estimate of drug-likeness (QED) is 0.699. The van der Waals surface area contributed by atoms with Gasteiger partial charge in [-0.2, -0.15) is 0 Å². The van der Waals surface area contributed by atoms with Crippen LogP contribution in [-0.4, -0.2) is 31.2 Å². The summed E-state index contributed by atoms with van der Waals surface area (Å²) in [5, 5.41) is 4.27. The van der Waals surface area contributed by atoms with E-state index >= 15 is 0 Å². The molecule has 0 fully saturated rings. The van der Waals surface area contributed by atoms with E-state index in [9.17, 15) is 4.79 Å². The fraction of sp³-hybridized carbons (Fsp3) is 0.500. The van der Waals surface area contributed by atoms with Crippen LogP contribution in [0.25, 0.3) is 10.9 Å². The van der Waals surface area contributed by atoms with Gasteiger partial charge in [0, 0.05) is 43.8 Å². The lowest BCUT2D eigenvalue weighted by atomic mass is 10.1. The first-order valence-electron chi connectivity index (χ1n) is 8.09. The Labute approximate surface area is 132 Å². The molecule has 120 valence electrons. The molecule has 1 amide bonds. The number of hydrogen-bond donors (Lipinski definition) is 2. The van der Waals surface area contributed by atoms with Gasteiger partial charge in [0.2, 0.25) is 5.91 Å². The molecule has 2 rings (SSSR count). The van der Waals surface area contributed by atoms with E-state index in [1.807, 2.05) is 0 Å². The maximum atomic E-state index is 11.7. The molecule has 0 saturated carbocycles. The van der Waals surface area contributed by atoms with Crippen LogP contribution in [0.3, 0.4) is 0 Å². The molecule has 0 aliphatic carbocycles. The third-order valence-corrected chi connectivity index (χ3v) is 3.99. The van der Waals surface area contributed by atoms with Crippen LogP contribution >= 0.6 is 0 Å². The lowest BCUT2D eigenvalue weighted by Crippen LogP contribution is -2.25. The van der Waals surface area contributed by atoms with Crippen LogP contribution in [0.5, 0.6) is 0 Å². The topological polar surface area (TPSA) is 54.1 Å². The van der Waals surface area contributed by atoms with E-state index in [4.69, 9.17) is 4.74 Å². The summed E-state index contributed by atoms with van der Waals surface area (Å²) >= 11 is 0. The SMILES string of the molecule is CCc1cccc2c(CCNC(=O)CCCCOC)c[nH]c12. The van der Waals surface area contributed by atoms with E-state index in [0.29, 0.717) is 13.0 Å². The largest absolute Gasteiger partial charge is 0.385 e. The van der Waals surface area contributed by atoms with Crippen molar-refractivity contribution in [3.05, 3.63) is 35.5 Å². The summed E-state index contributed by atoms with van der Waals surface area (Å²) in [7, 11) is 1.69. The molecule has 2 aromatic rings. The Bertz CT molecular complexity index is 604. The molecule has 22 heavy (non-hydrogen) atoms. The van der Waals surface area contributed by atoms with Crippen molar-refractivity contribution < 1.29 is 9.53 Å². The second kappa shape index (κ2) is 8.59. The number of methoxy groups -OCH3 is 1. The number of carbonyl (C=O) groups is 1. The van der Waals surface area contributed by atoms with E-state index in [1.165, 1.54) is 22.0 Å². The van der Waals surface area contributed by atoms with Crippen molar-refractivity contribution in [2.24, 2.45) is 0 Å². The number of ether oxygens (including phenoxy) is 1. The summed E-state index contributed by atoms with van der Waals surface area (Å²) in [5.74, 6) is 0.130. The van der Waals surface area contributed by atoms with Crippen molar-refractivity contribution in [1.82, 2.24) is 10.3 Å². The van der Waals surface area contributed by atoms with Gasteiger partial charge in [0.25, 0.3) is 0 Å². The Morgan fingerprint density at radius 2 is 2.14 bits per heavy atom. The van der Waals surface area contributed by atoms with E-state index in [2.05, 4.69) is 41.6 Å². The van der Waals surface area contributed by atoms with Crippen LogP contribution in [-0.2, 0) is 22.4 Å². The maximum absolute atomic E-state index is 11.7. The number of amides is 1. The molecule has 4 nitrogen and oxygen atoms in total. The van der Waals surface area contributed by atoms with E-state index in [1.54, 1.807) is 7.11 Å². The van der Waals surface area contributed by atoms with Crippen molar-refractivity contribution >= 4 is 16.8 Å². The lowest BCUT2D eigenvalue weighted by Gasteiger charge is -2.05. The Kier molecular flexibility index (Phi) is 6.46. The molecule has 0 saturated heterocycles. The maximum Gasteiger partial charge on any atom is 0.220 e. The number of unbranched alkanes of at least 4 members (excludes halogenated alkanes) is 1. The van der Waals surface area contributed by atoms with Crippen LogP contribution < -0.4 is 5.32 Å². The summed E-state index contributed by atoms with van der Waals surface area (Å²) in [6, 6.07) is 6.41. The minimum atomic E-state index is 0.130. The number of aryl methyl sites for hydroxylation is 1. The molecule has 1 aromatic carbocycles. The van der Waals surface area contributed by atoms with E-state index in [0.717, 1.165) is 32.3 Å². The number of benzene rings is 1. The third kappa shape index (κ3) is 4.34. The zero-order valence-corrected chi connectivity index (χ0v) is 13.6. The summed E-state index contributed by atoms with van der Waals surface area (Å²) in [5.41, 5.74) is 3.84. The van der Waals surface area contributed by atoms with Gasteiger partial charge in [0.1, 0.15) is 0 Å². The zero-order chi connectivity index (χ0) is 15.8. The molecular weight excluding hydrogens is 276 g/mol. The Morgan fingerprint density at radius 3 is 2.91 bits per heavy atom. The van der Waals surface area contributed by atoms with Gasteiger partial charge in [0.05, 0.1) is 0 Å². The fourth-order valence-electron chi connectivity index (χ4n) is 2.73. The van der Waals surface area contributed by atoms with Crippen LogP contribution in [0.15, 0.2) is 24.4 Å². The molecule has 0 atom stereocenters. The van der Waals surface area contributed by atoms with Gasteiger partial charge in [-0.15, -0.1) is 0 Å². The van der Waals surface area contributed by atoms with Crippen molar-refractivity contribution in [3.63, 3.8) is 0 Å². The summed E-state index contributed by atoms with van der Waals surface area (Å²) in [6.45, 7) is 3.58. The average Bonchev–Trinajstić information content (AvgIpc) is 2.95. The molecule has 0 aliphatic heterocycles. The standard InChI is InChI=1S/C18H26N2O2/c1-3-14-7-6-8-16-15(13-20-18(14)16)10-11-19-17(21)9-4-5-12-22-2/h6-8,13,20H,3-5,9-12H2,1-2H3,(H,19,21). The first kappa shape index (κ1) is 16.6. The number of fused-ring (bicyclic) bond motifs is 1.